The van der Waals surface area contributed by atoms with Crippen LogP contribution in [-0.2, 0) is 31.9 Å². The molecule has 0 rings (SSSR count). The summed E-state index contributed by atoms with van der Waals surface area (Å²) in [5.74, 6) is 0. The maximum absolute atomic E-state index is 11.6. The molecule has 14 heavy (non-hydrogen) atoms. The van der Waals surface area contributed by atoms with Crippen LogP contribution in [0.3, 0.4) is 0 Å². The van der Waals surface area contributed by atoms with E-state index in [-0.39, 0.29) is 0 Å². The van der Waals surface area contributed by atoms with Crippen LogP contribution >= 0.6 is 31.8 Å². The van der Waals surface area contributed by atoms with E-state index in [4.69, 9.17) is 0 Å². The highest BCUT2D eigenvalue weighted by Crippen LogP contribution is 2.72. The first-order valence-corrected chi connectivity index (χ1v) is 9.72. The quantitative estimate of drug-likeness (QED) is 0.402. The van der Waals surface area contributed by atoms with Gasteiger partial charge >= 0.3 is 23.3 Å². The minimum Gasteiger partial charge on any atom is -0.245 e. The van der Waals surface area contributed by atoms with Gasteiger partial charge < -0.3 is 0 Å². The zero-order chi connectivity index (χ0) is 11.2. The summed E-state index contributed by atoms with van der Waals surface area (Å²) in [6, 6.07) is 0. The number of hydrogen-bond acceptors (Lipinski definition) is 7. The van der Waals surface area contributed by atoms with Crippen molar-refractivity contribution < 1.29 is 31.9 Å². The van der Waals surface area contributed by atoms with E-state index in [1.54, 1.807) is 0 Å². The number of rotatable bonds is 7. The maximum atomic E-state index is 11.6. The van der Waals surface area contributed by atoms with Crippen molar-refractivity contribution in [3.63, 3.8) is 0 Å². The van der Waals surface area contributed by atoms with E-state index < -0.39 is 31.8 Å². The average molecular weight is 282 g/mol. The van der Waals surface area contributed by atoms with Crippen LogP contribution in [0.1, 0.15) is 0 Å². The molecule has 11 heteroatoms. The standard InChI is InChI=1S/C3H10O7P4/c1-7-8-11-14(6,9-12(2)4)10-13(3)5/h11H,1-3H3/q+2. The Morgan fingerprint density at radius 3 is 1.86 bits per heavy atom. The van der Waals surface area contributed by atoms with Crippen molar-refractivity contribution in [2.45, 2.75) is 0 Å². The minimum absolute atomic E-state index is 0.817. The van der Waals surface area contributed by atoms with Gasteiger partial charge in [-0.1, -0.05) is 0 Å². The van der Waals surface area contributed by atoms with Crippen molar-refractivity contribution in [3.05, 3.63) is 0 Å². The minimum atomic E-state index is -3.73. The summed E-state index contributed by atoms with van der Waals surface area (Å²) >= 11 is 0. The molecule has 0 N–H and O–H groups in total. The lowest BCUT2D eigenvalue weighted by Crippen LogP contribution is -1.81. The second-order valence-electron chi connectivity index (χ2n) is 1.88. The maximum Gasteiger partial charge on any atom is 0.514 e. The van der Waals surface area contributed by atoms with Crippen LogP contribution in [0.15, 0.2) is 0 Å². The Morgan fingerprint density at radius 1 is 1.14 bits per heavy atom. The van der Waals surface area contributed by atoms with E-state index in [1.165, 1.54) is 20.4 Å². The Hall–Kier alpha value is 0.700. The van der Waals surface area contributed by atoms with Gasteiger partial charge in [0.15, 0.2) is 21.8 Å². The molecule has 7 nitrogen and oxygen atoms in total. The molecule has 0 spiro atoms. The molecule has 0 bridgehead atoms. The summed E-state index contributed by atoms with van der Waals surface area (Å²) in [6.07, 6.45) is 0. The van der Waals surface area contributed by atoms with Crippen LogP contribution in [0.2, 0.25) is 0 Å². The molecule has 0 amide bonds. The normalized spacial score (nSPS) is 18.2. The average Bonchev–Trinajstić information content (AvgIpc) is 1.97. The molecule has 3 atom stereocenters. The Balaban J connectivity index is 4.41. The van der Waals surface area contributed by atoms with Gasteiger partial charge in [-0.15, -0.1) is 0 Å². The highest BCUT2D eigenvalue weighted by atomic mass is 32.1. The van der Waals surface area contributed by atoms with Crippen LogP contribution in [0.5, 0.6) is 0 Å². The molecule has 3 unspecified atom stereocenters. The molecule has 0 aliphatic heterocycles. The van der Waals surface area contributed by atoms with Crippen LogP contribution in [0.4, 0.5) is 0 Å². The summed E-state index contributed by atoms with van der Waals surface area (Å²) in [5, 5.41) is 0. The van der Waals surface area contributed by atoms with Gasteiger partial charge in [0.25, 0.3) is 0 Å². The van der Waals surface area contributed by atoms with Crippen LogP contribution < -0.4 is 0 Å². The molecule has 0 saturated heterocycles. The van der Waals surface area contributed by atoms with E-state index in [0.29, 0.717) is 0 Å². The fourth-order valence-corrected chi connectivity index (χ4v) is 6.84. The van der Waals surface area contributed by atoms with E-state index in [1.807, 2.05) is 0 Å². The summed E-state index contributed by atoms with van der Waals surface area (Å²) in [5.41, 5.74) is 0. The third-order valence-corrected chi connectivity index (χ3v) is 7.07. The molecule has 0 heterocycles. The van der Waals surface area contributed by atoms with E-state index in [9.17, 15) is 13.7 Å². The molecule has 0 aliphatic rings. The van der Waals surface area contributed by atoms with E-state index >= 15 is 0 Å². The smallest absolute Gasteiger partial charge is 0.245 e. The first kappa shape index (κ1) is 14.7. The third-order valence-electron chi connectivity index (χ3n) is 0.677. The zero-order valence-electron chi connectivity index (χ0n) is 7.70. The van der Waals surface area contributed by atoms with Gasteiger partial charge in [0.05, 0.1) is 7.11 Å². The monoisotopic (exact) mass is 282 g/mol. The molecule has 0 aliphatic carbocycles. The predicted molar refractivity (Wildman–Crippen MR) is 53.2 cm³/mol. The van der Waals surface area contributed by atoms with Gasteiger partial charge in [-0.2, -0.15) is 0 Å². The molecule has 82 valence electrons. The summed E-state index contributed by atoms with van der Waals surface area (Å²) in [4.78, 5) is 4.19. The first-order chi connectivity index (χ1) is 6.39. The summed E-state index contributed by atoms with van der Waals surface area (Å²) in [7, 11) is -7.61. The Morgan fingerprint density at radius 2 is 1.57 bits per heavy atom. The molecule has 0 aromatic carbocycles. The van der Waals surface area contributed by atoms with Crippen molar-refractivity contribution in [2.24, 2.45) is 0 Å². The van der Waals surface area contributed by atoms with E-state index in [0.717, 1.165) is 0 Å². The van der Waals surface area contributed by atoms with Crippen molar-refractivity contribution in [1.29, 1.82) is 0 Å². The largest absolute Gasteiger partial charge is 0.514 e. The Labute approximate surface area is 84.8 Å². The molecule has 0 aromatic rings. The molecule has 0 aromatic heterocycles. The van der Waals surface area contributed by atoms with Gasteiger partial charge in [0.2, 0.25) is 0 Å². The van der Waals surface area contributed by atoms with Crippen molar-refractivity contribution >= 4 is 31.8 Å². The molecule has 0 radical (unpaired) electrons. The van der Waals surface area contributed by atoms with Gasteiger partial charge in [-0.3, -0.25) is 0 Å². The Bertz CT molecular complexity index is 244. The fraction of sp³-hybridized carbons (Fsp3) is 1.00. The molecular weight excluding hydrogens is 272 g/mol. The highest BCUT2D eigenvalue weighted by Gasteiger charge is 2.42. The van der Waals surface area contributed by atoms with Gasteiger partial charge in [0, 0.05) is 0 Å². The van der Waals surface area contributed by atoms with Gasteiger partial charge in [-0.25, -0.2) is 14.1 Å². The summed E-state index contributed by atoms with van der Waals surface area (Å²) < 4.78 is 46.4. The number of hydrogen-bond donors (Lipinski definition) is 0. The lowest BCUT2D eigenvalue weighted by atomic mass is 11.8. The van der Waals surface area contributed by atoms with Crippen LogP contribution in [0.25, 0.3) is 0 Å². The zero-order valence-corrected chi connectivity index (χ0v) is 11.4. The van der Waals surface area contributed by atoms with E-state index in [2.05, 4.69) is 18.2 Å². The van der Waals surface area contributed by atoms with Crippen molar-refractivity contribution in [2.75, 3.05) is 20.4 Å². The van der Waals surface area contributed by atoms with Crippen LogP contribution in [-0.4, -0.2) is 20.4 Å². The highest BCUT2D eigenvalue weighted by molar-refractivity contribution is 8.20. The van der Waals surface area contributed by atoms with Crippen molar-refractivity contribution in [1.82, 2.24) is 0 Å². The van der Waals surface area contributed by atoms with Crippen LogP contribution in [0, 0.1) is 0 Å². The fourth-order valence-electron chi connectivity index (χ4n) is 0.434. The van der Waals surface area contributed by atoms with Gasteiger partial charge in [-0.05, 0) is 17.8 Å². The predicted octanol–water partition coefficient (Wildman–Crippen LogP) is 3.04. The second kappa shape index (κ2) is 7.05. The van der Waals surface area contributed by atoms with Gasteiger partial charge in [0.1, 0.15) is 0 Å². The Kier molecular flexibility index (Phi) is 7.41. The first-order valence-electron chi connectivity index (χ1n) is 3.18. The molecule has 0 fully saturated rings. The van der Waals surface area contributed by atoms with Crippen molar-refractivity contribution in [3.8, 4) is 0 Å². The topological polar surface area (TPSA) is 88.1 Å². The lowest BCUT2D eigenvalue weighted by molar-refractivity contribution is -0.164. The third kappa shape index (κ3) is 7.05. The molecule has 0 saturated carbocycles. The molecular formula is C3H10O7P4+2. The lowest BCUT2D eigenvalue weighted by Gasteiger charge is -2.02. The summed E-state index contributed by atoms with van der Waals surface area (Å²) in [6.45, 7) is 2.40. The SMILES string of the molecule is COOPP(=O)(O[P+](C)=O)O[P+](C)=O. The second-order valence-corrected chi connectivity index (χ2v) is 8.48.